The van der Waals surface area contributed by atoms with Crippen molar-refractivity contribution < 1.29 is 27.9 Å². The van der Waals surface area contributed by atoms with Crippen LogP contribution in [0.2, 0.25) is 0 Å². The second-order valence-corrected chi connectivity index (χ2v) is 4.64. The Balaban J connectivity index is 3.42. The van der Waals surface area contributed by atoms with E-state index in [9.17, 15) is 28.4 Å². The van der Waals surface area contributed by atoms with E-state index in [1.165, 1.54) is 21.0 Å². The van der Waals surface area contributed by atoms with Gasteiger partial charge in [0.1, 0.15) is 11.2 Å². The van der Waals surface area contributed by atoms with Gasteiger partial charge in [-0.3, -0.25) is 10.1 Å². The molecule has 0 aliphatic carbocycles. The lowest BCUT2D eigenvalue weighted by Gasteiger charge is -2.18. The van der Waals surface area contributed by atoms with Gasteiger partial charge in [-0.05, 0) is 26.0 Å². The number of nitro benzene ring substituents is 1. The van der Waals surface area contributed by atoms with Crippen molar-refractivity contribution in [1.29, 1.82) is 0 Å². The first kappa shape index (κ1) is 16.9. The molecular formula is C12H13F3N2O4. The Labute approximate surface area is 118 Å². The molecule has 1 N–H and O–H groups in total. The smallest absolute Gasteiger partial charge is 0.423 e. The molecule has 0 radical (unpaired) electrons. The average Bonchev–Trinajstić information content (AvgIpc) is 2.32. The van der Waals surface area contributed by atoms with Gasteiger partial charge >= 0.3 is 6.18 Å². The first-order valence-electron chi connectivity index (χ1n) is 5.68. The molecule has 1 aromatic carbocycles. The Hall–Kier alpha value is -2.16. The Morgan fingerprint density at radius 1 is 1.38 bits per heavy atom. The number of rotatable bonds is 3. The van der Waals surface area contributed by atoms with Crippen LogP contribution in [0.15, 0.2) is 23.2 Å². The quantitative estimate of drug-likeness (QED) is 0.402. The summed E-state index contributed by atoms with van der Waals surface area (Å²) < 4.78 is 43.2. The summed E-state index contributed by atoms with van der Waals surface area (Å²) in [5, 5.41) is 20.3. The summed E-state index contributed by atoms with van der Waals surface area (Å²) in [7, 11) is 1.20. The van der Waals surface area contributed by atoms with Crippen LogP contribution in [0, 0.1) is 10.1 Å². The molecule has 0 heterocycles. The molecular weight excluding hydrogens is 293 g/mol. The van der Waals surface area contributed by atoms with Crippen molar-refractivity contribution >= 4 is 17.3 Å². The van der Waals surface area contributed by atoms with Gasteiger partial charge < -0.3 is 9.84 Å². The third kappa shape index (κ3) is 4.15. The fourth-order valence-corrected chi connectivity index (χ4v) is 1.53. The number of aliphatic hydroxyl groups is 1. The topological polar surface area (TPSA) is 85.0 Å². The van der Waals surface area contributed by atoms with Crippen LogP contribution in [-0.4, -0.2) is 28.6 Å². The summed E-state index contributed by atoms with van der Waals surface area (Å²) in [6.45, 7) is 2.68. The summed E-state index contributed by atoms with van der Waals surface area (Å²) in [5.74, 6) is -0.218. The fraction of sp³-hybridized carbons (Fsp3) is 0.417. The average molecular weight is 306 g/mol. The van der Waals surface area contributed by atoms with E-state index < -0.39 is 28.0 Å². The molecule has 0 aliphatic rings. The summed E-state index contributed by atoms with van der Waals surface area (Å²) in [5.41, 5.74) is -4.20. The van der Waals surface area contributed by atoms with Gasteiger partial charge in [0.05, 0.1) is 17.7 Å². The highest BCUT2D eigenvalue weighted by Crippen LogP contribution is 2.38. The molecule has 0 saturated carbocycles. The molecule has 0 atom stereocenters. The van der Waals surface area contributed by atoms with E-state index in [4.69, 9.17) is 4.74 Å². The summed E-state index contributed by atoms with van der Waals surface area (Å²) in [6.07, 6.45) is -4.89. The lowest BCUT2D eigenvalue weighted by Crippen LogP contribution is -2.32. The Bertz CT molecular complexity index is 577. The Morgan fingerprint density at radius 2 is 1.95 bits per heavy atom. The van der Waals surface area contributed by atoms with Crippen LogP contribution in [0.5, 0.6) is 0 Å². The van der Waals surface area contributed by atoms with Crippen molar-refractivity contribution in [2.45, 2.75) is 25.6 Å². The fourth-order valence-electron chi connectivity index (χ4n) is 1.53. The van der Waals surface area contributed by atoms with Crippen molar-refractivity contribution in [2.75, 3.05) is 7.11 Å². The number of aliphatic imine (C=N–C) groups is 1. The first-order valence-corrected chi connectivity index (χ1v) is 5.68. The Kier molecular flexibility index (Phi) is 4.57. The van der Waals surface area contributed by atoms with Gasteiger partial charge in [-0.1, -0.05) is 0 Å². The molecule has 0 aliphatic heterocycles. The van der Waals surface area contributed by atoms with E-state index in [1.54, 1.807) is 0 Å². The van der Waals surface area contributed by atoms with Gasteiger partial charge in [-0.2, -0.15) is 13.2 Å². The van der Waals surface area contributed by atoms with Crippen LogP contribution in [0.3, 0.4) is 0 Å². The maximum atomic E-state index is 12.8. The molecule has 0 aromatic heterocycles. The van der Waals surface area contributed by atoms with Crippen LogP contribution in [0.1, 0.15) is 19.4 Å². The number of alkyl halides is 3. The predicted octanol–water partition coefficient (Wildman–Crippen LogP) is 3.06. The lowest BCUT2D eigenvalue weighted by atomic mass is 10.1. The van der Waals surface area contributed by atoms with Crippen molar-refractivity contribution in [1.82, 2.24) is 0 Å². The number of nitrogens with zero attached hydrogens (tertiary/aromatic N) is 2. The van der Waals surface area contributed by atoms with Gasteiger partial charge in [0, 0.05) is 6.07 Å². The number of nitro groups is 1. The van der Waals surface area contributed by atoms with E-state index in [2.05, 4.69) is 4.99 Å². The number of hydrogen-bond acceptors (Lipinski definition) is 5. The zero-order valence-electron chi connectivity index (χ0n) is 11.4. The molecule has 1 rings (SSSR count). The number of halogens is 3. The van der Waals surface area contributed by atoms with Crippen molar-refractivity contribution in [3.8, 4) is 0 Å². The standard InChI is InChI=1S/C12H13F3N2O4/c1-11(2,18)10(21-3)16-7-4-5-9(17(19)20)8(6-7)12(13,14)15/h4-6,18H,1-3H3. The number of hydrogen-bond donors (Lipinski definition) is 1. The van der Waals surface area contributed by atoms with Gasteiger partial charge in [0.2, 0.25) is 5.90 Å². The van der Waals surface area contributed by atoms with Gasteiger partial charge in [-0.15, -0.1) is 0 Å². The van der Waals surface area contributed by atoms with E-state index in [0.717, 1.165) is 6.07 Å². The zero-order chi connectivity index (χ0) is 16.4. The highest BCUT2D eigenvalue weighted by atomic mass is 19.4. The molecule has 0 bridgehead atoms. The highest BCUT2D eigenvalue weighted by molar-refractivity contribution is 5.86. The molecule has 0 spiro atoms. The molecule has 0 fully saturated rings. The Morgan fingerprint density at radius 3 is 2.33 bits per heavy atom. The van der Waals surface area contributed by atoms with Gasteiger partial charge in [0.25, 0.3) is 5.69 Å². The zero-order valence-corrected chi connectivity index (χ0v) is 11.4. The number of methoxy groups -OCH3 is 1. The molecule has 0 saturated heterocycles. The van der Waals surface area contributed by atoms with Crippen LogP contribution in [-0.2, 0) is 10.9 Å². The van der Waals surface area contributed by atoms with E-state index in [1.807, 2.05) is 0 Å². The minimum absolute atomic E-state index is 0.216. The minimum Gasteiger partial charge on any atom is -0.482 e. The van der Waals surface area contributed by atoms with Crippen LogP contribution >= 0.6 is 0 Å². The minimum atomic E-state index is -4.89. The van der Waals surface area contributed by atoms with Crippen LogP contribution in [0.25, 0.3) is 0 Å². The third-order valence-corrected chi connectivity index (χ3v) is 2.43. The maximum absolute atomic E-state index is 12.8. The molecule has 0 unspecified atom stereocenters. The van der Waals surface area contributed by atoms with Crippen LogP contribution < -0.4 is 0 Å². The normalized spacial score (nSPS) is 13.2. The van der Waals surface area contributed by atoms with Gasteiger partial charge in [-0.25, -0.2) is 4.99 Å². The van der Waals surface area contributed by atoms with E-state index >= 15 is 0 Å². The second-order valence-electron chi connectivity index (χ2n) is 4.64. The number of benzene rings is 1. The molecule has 6 nitrogen and oxygen atoms in total. The summed E-state index contributed by atoms with van der Waals surface area (Å²) >= 11 is 0. The number of ether oxygens (including phenoxy) is 1. The molecule has 1 aromatic rings. The third-order valence-electron chi connectivity index (χ3n) is 2.43. The monoisotopic (exact) mass is 306 g/mol. The van der Waals surface area contributed by atoms with E-state index in [0.29, 0.717) is 12.1 Å². The van der Waals surface area contributed by atoms with Crippen molar-refractivity contribution in [2.24, 2.45) is 4.99 Å². The lowest BCUT2D eigenvalue weighted by molar-refractivity contribution is -0.388. The highest BCUT2D eigenvalue weighted by Gasteiger charge is 2.38. The van der Waals surface area contributed by atoms with Crippen molar-refractivity contribution in [3.05, 3.63) is 33.9 Å². The predicted molar refractivity (Wildman–Crippen MR) is 68.5 cm³/mol. The largest absolute Gasteiger partial charge is 0.482 e. The van der Waals surface area contributed by atoms with Gasteiger partial charge in [0.15, 0.2) is 0 Å². The summed E-state index contributed by atoms with van der Waals surface area (Å²) in [6, 6.07) is 2.28. The van der Waals surface area contributed by atoms with Crippen LogP contribution in [0.4, 0.5) is 24.5 Å². The molecule has 21 heavy (non-hydrogen) atoms. The SMILES string of the molecule is COC(=Nc1ccc([N+](=O)[O-])c(C(F)(F)F)c1)C(C)(C)O. The first-order chi connectivity index (χ1) is 9.46. The van der Waals surface area contributed by atoms with Crippen molar-refractivity contribution in [3.63, 3.8) is 0 Å². The second kappa shape index (κ2) is 5.68. The summed E-state index contributed by atoms with van der Waals surface area (Å²) in [4.78, 5) is 13.2. The van der Waals surface area contributed by atoms with E-state index in [-0.39, 0.29) is 11.6 Å². The molecule has 116 valence electrons. The molecule has 9 heteroatoms. The maximum Gasteiger partial charge on any atom is 0.423 e. The molecule has 0 amide bonds.